The molecule has 150 valence electrons. The van der Waals surface area contributed by atoms with Crippen molar-refractivity contribution in [3.05, 3.63) is 54.3 Å². The van der Waals surface area contributed by atoms with Crippen molar-refractivity contribution in [2.24, 2.45) is 0 Å². The molecule has 3 rings (SSSR count). The highest BCUT2D eigenvalue weighted by molar-refractivity contribution is 5.90. The SMILES string of the molecule is CCOc1ccccc1OC1CCN(CCC(=O)Nc2cccc(F)c2)CC1. The Kier molecular flexibility index (Phi) is 7.25. The first-order valence-corrected chi connectivity index (χ1v) is 9.80. The van der Waals surface area contributed by atoms with Crippen LogP contribution in [0.15, 0.2) is 48.5 Å². The van der Waals surface area contributed by atoms with Crippen LogP contribution >= 0.6 is 0 Å². The number of rotatable bonds is 8. The second-order valence-corrected chi connectivity index (χ2v) is 6.85. The number of hydrogen-bond donors (Lipinski definition) is 1. The number of anilines is 1. The number of nitrogens with one attached hydrogen (secondary N) is 1. The van der Waals surface area contributed by atoms with Crippen molar-refractivity contribution in [1.82, 2.24) is 4.90 Å². The van der Waals surface area contributed by atoms with Crippen molar-refractivity contribution in [2.75, 3.05) is 31.6 Å². The first-order valence-electron chi connectivity index (χ1n) is 9.80. The fourth-order valence-electron chi connectivity index (χ4n) is 3.30. The Hall–Kier alpha value is -2.60. The highest BCUT2D eigenvalue weighted by Crippen LogP contribution is 2.29. The average Bonchev–Trinajstić information content (AvgIpc) is 2.69. The van der Waals surface area contributed by atoms with Gasteiger partial charge >= 0.3 is 0 Å². The Labute approximate surface area is 165 Å². The van der Waals surface area contributed by atoms with Gasteiger partial charge in [0.15, 0.2) is 11.5 Å². The molecule has 1 saturated heterocycles. The summed E-state index contributed by atoms with van der Waals surface area (Å²) in [6, 6.07) is 13.7. The van der Waals surface area contributed by atoms with Crippen molar-refractivity contribution in [3.8, 4) is 11.5 Å². The van der Waals surface area contributed by atoms with Gasteiger partial charge in [0.25, 0.3) is 0 Å². The normalized spacial score (nSPS) is 15.2. The number of piperidine rings is 1. The number of nitrogens with zero attached hydrogens (tertiary/aromatic N) is 1. The molecule has 0 atom stereocenters. The summed E-state index contributed by atoms with van der Waals surface area (Å²) < 4.78 is 24.9. The fourth-order valence-corrected chi connectivity index (χ4v) is 3.30. The summed E-state index contributed by atoms with van der Waals surface area (Å²) in [4.78, 5) is 14.3. The molecular weight excluding hydrogens is 359 g/mol. The monoisotopic (exact) mass is 386 g/mol. The van der Waals surface area contributed by atoms with E-state index in [0.29, 0.717) is 25.3 Å². The Balaban J connectivity index is 1.40. The minimum atomic E-state index is -0.356. The summed E-state index contributed by atoms with van der Waals surface area (Å²) >= 11 is 0. The molecule has 2 aromatic rings. The van der Waals surface area contributed by atoms with Crippen LogP contribution < -0.4 is 14.8 Å². The molecule has 0 saturated carbocycles. The minimum absolute atomic E-state index is 0.102. The van der Waals surface area contributed by atoms with Crippen LogP contribution in [0.25, 0.3) is 0 Å². The maximum absolute atomic E-state index is 13.2. The van der Waals surface area contributed by atoms with Gasteiger partial charge in [0.1, 0.15) is 11.9 Å². The number of ether oxygens (including phenoxy) is 2. The van der Waals surface area contributed by atoms with Crippen molar-refractivity contribution in [2.45, 2.75) is 32.3 Å². The van der Waals surface area contributed by atoms with Crippen LogP contribution in [0.1, 0.15) is 26.2 Å². The van der Waals surface area contributed by atoms with E-state index in [-0.39, 0.29) is 17.8 Å². The zero-order valence-electron chi connectivity index (χ0n) is 16.2. The maximum Gasteiger partial charge on any atom is 0.225 e. The predicted molar refractivity (Wildman–Crippen MR) is 107 cm³/mol. The Morgan fingerprint density at radius 1 is 1.14 bits per heavy atom. The summed E-state index contributed by atoms with van der Waals surface area (Å²) in [5.74, 6) is 1.11. The maximum atomic E-state index is 13.2. The molecule has 0 spiro atoms. The molecule has 0 bridgehead atoms. The van der Waals surface area contributed by atoms with Crippen LogP contribution in [-0.4, -0.2) is 43.2 Å². The highest BCUT2D eigenvalue weighted by atomic mass is 19.1. The molecule has 0 unspecified atom stereocenters. The van der Waals surface area contributed by atoms with Gasteiger partial charge in [-0.1, -0.05) is 18.2 Å². The van der Waals surface area contributed by atoms with Crippen molar-refractivity contribution in [3.63, 3.8) is 0 Å². The molecule has 1 aliphatic heterocycles. The quantitative estimate of drug-likeness (QED) is 0.742. The van der Waals surface area contributed by atoms with Gasteiger partial charge in [0.2, 0.25) is 5.91 Å². The molecule has 1 aliphatic rings. The number of benzene rings is 2. The number of hydrogen-bond acceptors (Lipinski definition) is 4. The summed E-state index contributed by atoms with van der Waals surface area (Å²) in [6.07, 6.45) is 2.35. The smallest absolute Gasteiger partial charge is 0.225 e. The molecule has 0 aliphatic carbocycles. The molecule has 1 fully saturated rings. The number of carbonyl (C=O) groups is 1. The summed E-state index contributed by atoms with van der Waals surface area (Å²) in [7, 11) is 0. The molecule has 0 aromatic heterocycles. The number of halogens is 1. The molecule has 5 nitrogen and oxygen atoms in total. The van der Waals surface area contributed by atoms with Crippen LogP contribution in [-0.2, 0) is 4.79 Å². The van der Waals surface area contributed by atoms with E-state index in [1.54, 1.807) is 12.1 Å². The lowest BCUT2D eigenvalue weighted by Gasteiger charge is -2.32. The number of para-hydroxylation sites is 2. The Morgan fingerprint density at radius 3 is 2.61 bits per heavy atom. The summed E-state index contributed by atoms with van der Waals surface area (Å²) in [5, 5.41) is 2.74. The average molecular weight is 386 g/mol. The van der Waals surface area contributed by atoms with Crippen molar-refractivity contribution >= 4 is 11.6 Å². The van der Waals surface area contributed by atoms with E-state index in [0.717, 1.165) is 37.4 Å². The topological polar surface area (TPSA) is 50.8 Å². The lowest BCUT2D eigenvalue weighted by atomic mass is 10.1. The van der Waals surface area contributed by atoms with Crippen LogP contribution in [0, 0.1) is 5.82 Å². The van der Waals surface area contributed by atoms with Gasteiger partial charge in [0.05, 0.1) is 6.61 Å². The van der Waals surface area contributed by atoms with Gasteiger partial charge < -0.3 is 19.7 Å². The molecule has 28 heavy (non-hydrogen) atoms. The minimum Gasteiger partial charge on any atom is -0.490 e. The third kappa shape index (κ3) is 5.96. The third-order valence-electron chi connectivity index (χ3n) is 4.74. The Bertz CT molecular complexity index is 776. The Morgan fingerprint density at radius 2 is 1.89 bits per heavy atom. The van der Waals surface area contributed by atoms with Crippen LogP contribution in [0.3, 0.4) is 0 Å². The van der Waals surface area contributed by atoms with Crippen LogP contribution in [0.2, 0.25) is 0 Å². The summed E-state index contributed by atoms with van der Waals surface area (Å²) in [5.41, 5.74) is 0.491. The van der Waals surface area contributed by atoms with E-state index in [2.05, 4.69) is 10.2 Å². The standard InChI is InChI=1S/C22H27FN2O3/c1-2-27-20-8-3-4-9-21(20)28-19-10-13-25(14-11-19)15-12-22(26)24-18-7-5-6-17(23)16-18/h3-9,16,19H,2,10-15H2,1H3,(H,24,26). The van der Waals surface area contributed by atoms with E-state index in [9.17, 15) is 9.18 Å². The van der Waals surface area contributed by atoms with Gasteiger partial charge in [-0.2, -0.15) is 0 Å². The van der Waals surface area contributed by atoms with E-state index in [1.807, 2.05) is 31.2 Å². The van der Waals surface area contributed by atoms with Crippen LogP contribution in [0.4, 0.5) is 10.1 Å². The first kappa shape index (κ1) is 20.1. The lowest BCUT2D eigenvalue weighted by molar-refractivity contribution is -0.116. The van der Waals surface area contributed by atoms with Gasteiger partial charge in [-0.05, 0) is 50.1 Å². The second-order valence-electron chi connectivity index (χ2n) is 6.85. The molecule has 1 heterocycles. The largest absolute Gasteiger partial charge is 0.490 e. The van der Waals surface area contributed by atoms with Crippen molar-refractivity contribution in [1.29, 1.82) is 0 Å². The van der Waals surface area contributed by atoms with E-state index in [4.69, 9.17) is 9.47 Å². The number of likely N-dealkylation sites (tertiary alicyclic amines) is 1. The van der Waals surface area contributed by atoms with Crippen molar-refractivity contribution < 1.29 is 18.7 Å². The van der Waals surface area contributed by atoms with Gasteiger partial charge in [0, 0.05) is 31.7 Å². The van der Waals surface area contributed by atoms with Gasteiger partial charge in [-0.15, -0.1) is 0 Å². The zero-order valence-corrected chi connectivity index (χ0v) is 16.2. The lowest BCUT2D eigenvalue weighted by Crippen LogP contribution is -2.39. The first-order chi connectivity index (χ1) is 13.6. The predicted octanol–water partition coefficient (Wildman–Crippen LogP) is 4.10. The van der Waals surface area contributed by atoms with E-state index < -0.39 is 0 Å². The number of carbonyl (C=O) groups excluding carboxylic acids is 1. The molecule has 1 amide bonds. The van der Waals surface area contributed by atoms with Gasteiger partial charge in [-0.3, -0.25) is 4.79 Å². The third-order valence-corrected chi connectivity index (χ3v) is 4.74. The summed E-state index contributed by atoms with van der Waals surface area (Å²) in [6.45, 7) is 5.02. The molecular formula is C22H27FN2O3. The fraction of sp³-hybridized carbons (Fsp3) is 0.409. The van der Waals surface area contributed by atoms with Gasteiger partial charge in [-0.25, -0.2) is 4.39 Å². The van der Waals surface area contributed by atoms with E-state index in [1.165, 1.54) is 12.1 Å². The molecule has 0 radical (unpaired) electrons. The molecule has 6 heteroatoms. The molecule has 1 N–H and O–H groups in total. The van der Waals surface area contributed by atoms with Crippen LogP contribution in [0.5, 0.6) is 11.5 Å². The van der Waals surface area contributed by atoms with E-state index >= 15 is 0 Å². The second kappa shape index (κ2) is 10.1. The highest BCUT2D eigenvalue weighted by Gasteiger charge is 2.22. The number of amides is 1. The molecule has 2 aromatic carbocycles. The zero-order chi connectivity index (χ0) is 19.8.